The molecule has 1 saturated heterocycles. The zero-order valence-electron chi connectivity index (χ0n) is 19.3. The van der Waals surface area contributed by atoms with Gasteiger partial charge < -0.3 is 15.0 Å². The molecule has 0 bridgehead atoms. The topological polar surface area (TPSA) is 44.8 Å². The van der Waals surface area contributed by atoms with Gasteiger partial charge in [0.2, 0.25) is 5.91 Å². The summed E-state index contributed by atoms with van der Waals surface area (Å²) in [4.78, 5) is 18.2. The van der Waals surface area contributed by atoms with E-state index in [0.29, 0.717) is 36.0 Å². The van der Waals surface area contributed by atoms with Crippen LogP contribution in [0.1, 0.15) is 36.8 Å². The van der Waals surface area contributed by atoms with Crippen LogP contribution in [0.25, 0.3) is 0 Å². The van der Waals surface area contributed by atoms with Gasteiger partial charge in [0, 0.05) is 37.1 Å². The number of hydrogen-bond donors (Lipinski definition) is 1. The fourth-order valence-electron chi connectivity index (χ4n) is 5.83. The van der Waals surface area contributed by atoms with E-state index >= 15 is 0 Å². The molecule has 5 rings (SSSR count). The maximum absolute atomic E-state index is 13.5. The number of rotatable bonds is 4. The second kappa shape index (κ2) is 9.13. The molecule has 34 heavy (non-hydrogen) atoms. The molecule has 2 aromatic rings. The highest BCUT2D eigenvalue weighted by atomic mass is 19.4. The quantitative estimate of drug-likeness (QED) is 0.682. The monoisotopic (exact) mass is 473 g/mol. The van der Waals surface area contributed by atoms with Crippen LogP contribution in [0.3, 0.4) is 0 Å². The van der Waals surface area contributed by atoms with Crippen molar-refractivity contribution in [3.05, 3.63) is 53.6 Å². The molecular weight excluding hydrogens is 443 g/mol. The van der Waals surface area contributed by atoms with Crippen molar-refractivity contribution in [2.45, 2.75) is 50.4 Å². The molecule has 2 aromatic carbocycles. The SMILES string of the molecule is COc1ccc(NC(=O)[C@H]2Cc3cc(C(F)(F)F)ccc3N3CCN(C4CCCC4)C[C@H]23)cc1. The number of fused-ring (bicyclic) bond motifs is 3. The Bertz CT molecular complexity index is 1030. The number of piperazine rings is 1. The van der Waals surface area contributed by atoms with Crippen molar-refractivity contribution in [3.8, 4) is 5.75 Å². The van der Waals surface area contributed by atoms with Crippen LogP contribution in [0.5, 0.6) is 5.75 Å². The first-order valence-electron chi connectivity index (χ1n) is 12.0. The van der Waals surface area contributed by atoms with Gasteiger partial charge in [-0.1, -0.05) is 12.8 Å². The number of halogens is 3. The Morgan fingerprint density at radius 2 is 1.79 bits per heavy atom. The molecule has 0 radical (unpaired) electrons. The molecule has 1 aliphatic carbocycles. The number of carbonyl (C=O) groups is 1. The van der Waals surface area contributed by atoms with E-state index in [9.17, 15) is 18.0 Å². The first-order valence-corrected chi connectivity index (χ1v) is 12.0. The van der Waals surface area contributed by atoms with Crippen LogP contribution in [0.4, 0.5) is 24.5 Å². The van der Waals surface area contributed by atoms with Crippen LogP contribution >= 0.6 is 0 Å². The van der Waals surface area contributed by atoms with Gasteiger partial charge in [0.15, 0.2) is 0 Å². The highest BCUT2D eigenvalue weighted by Gasteiger charge is 2.44. The van der Waals surface area contributed by atoms with Crippen molar-refractivity contribution in [1.29, 1.82) is 0 Å². The van der Waals surface area contributed by atoms with Gasteiger partial charge in [-0.15, -0.1) is 0 Å². The Morgan fingerprint density at radius 1 is 1.06 bits per heavy atom. The van der Waals surface area contributed by atoms with Crippen LogP contribution in [-0.4, -0.2) is 49.6 Å². The van der Waals surface area contributed by atoms with Crippen molar-refractivity contribution < 1.29 is 22.7 Å². The van der Waals surface area contributed by atoms with Gasteiger partial charge in [-0.05, 0) is 67.3 Å². The zero-order chi connectivity index (χ0) is 23.9. The van der Waals surface area contributed by atoms with Gasteiger partial charge in [-0.25, -0.2) is 0 Å². The predicted octanol–water partition coefficient (Wildman–Crippen LogP) is 4.96. The van der Waals surface area contributed by atoms with E-state index in [0.717, 1.165) is 24.8 Å². The summed E-state index contributed by atoms with van der Waals surface area (Å²) in [6.07, 6.45) is 0.719. The molecule has 2 aliphatic heterocycles. The van der Waals surface area contributed by atoms with Crippen molar-refractivity contribution >= 4 is 17.3 Å². The lowest BCUT2D eigenvalue weighted by Gasteiger charge is -2.50. The molecule has 0 spiro atoms. The first kappa shape index (κ1) is 23.0. The standard InChI is InChI=1S/C26H30F3N3O2/c1-34-21-9-7-19(8-10-21)30-25(33)22-15-17-14-18(26(27,28)29)6-11-23(17)32-13-12-31(16-24(22)32)20-4-2-3-5-20/h6-11,14,20,22,24H,2-5,12-13,15-16H2,1H3,(H,30,33)/t22-,24+/m0/s1. The molecule has 1 amide bonds. The third-order valence-electron chi connectivity index (χ3n) is 7.61. The normalized spacial score (nSPS) is 23.4. The molecule has 3 aliphatic rings. The van der Waals surface area contributed by atoms with Crippen LogP contribution in [0, 0.1) is 5.92 Å². The van der Waals surface area contributed by atoms with Gasteiger partial charge in [0.05, 0.1) is 24.6 Å². The largest absolute Gasteiger partial charge is 0.497 e. The molecule has 5 nitrogen and oxygen atoms in total. The Morgan fingerprint density at radius 3 is 2.47 bits per heavy atom. The third-order valence-corrected chi connectivity index (χ3v) is 7.61. The van der Waals surface area contributed by atoms with E-state index in [2.05, 4.69) is 15.1 Å². The Hall–Kier alpha value is -2.74. The van der Waals surface area contributed by atoms with Crippen molar-refractivity contribution in [2.24, 2.45) is 5.92 Å². The number of benzene rings is 2. The fourth-order valence-corrected chi connectivity index (χ4v) is 5.83. The van der Waals surface area contributed by atoms with E-state index in [4.69, 9.17) is 4.74 Å². The molecule has 8 heteroatoms. The number of alkyl halides is 3. The summed E-state index contributed by atoms with van der Waals surface area (Å²) in [6, 6.07) is 11.6. The lowest BCUT2D eigenvalue weighted by molar-refractivity contribution is -0.137. The van der Waals surface area contributed by atoms with E-state index < -0.39 is 17.7 Å². The molecule has 182 valence electrons. The summed E-state index contributed by atoms with van der Waals surface area (Å²) in [5.41, 5.74) is 1.41. The molecule has 2 atom stereocenters. The van der Waals surface area contributed by atoms with Gasteiger partial charge in [-0.3, -0.25) is 9.69 Å². The number of carbonyl (C=O) groups excluding carboxylic acids is 1. The predicted molar refractivity (Wildman–Crippen MR) is 125 cm³/mol. The number of amides is 1. The molecular formula is C26H30F3N3O2. The third kappa shape index (κ3) is 4.48. The molecule has 1 saturated carbocycles. The van der Waals surface area contributed by atoms with Crippen LogP contribution in [0.15, 0.2) is 42.5 Å². The van der Waals surface area contributed by atoms with Crippen LogP contribution < -0.4 is 15.0 Å². The zero-order valence-corrected chi connectivity index (χ0v) is 19.3. The fraction of sp³-hybridized carbons (Fsp3) is 0.500. The van der Waals surface area contributed by atoms with Crippen molar-refractivity contribution in [3.63, 3.8) is 0 Å². The highest BCUT2D eigenvalue weighted by Crippen LogP contribution is 2.41. The van der Waals surface area contributed by atoms with Gasteiger partial charge in [0.1, 0.15) is 5.75 Å². The molecule has 2 fully saturated rings. The number of hydrogen-bond acceptors (Lipinski definition) is 4. The molecule has 0 aromatic heterocycles. The average Bonchev–Trinajstić information content (AvgIpc) is 3.38. The number of methoxy groups -OCH3 is 1. The van der Waals surface area contributed by atoms with E-state index in [1.165, 1.54) is 31.7 Å². The van der Waals surface area contributed by atoms with Gasteiger partial charge in [0.25, 0.3) is 0 Å². The van der Waals surface area contributed by atoms with E-state index in [1.54, 1.807) is 37.4 Å². The lowest BCUT2D eigenvalue weighted by Crippen LogP contribution is -2.61. The van der Waals surface area contributed by atoms with Crippen molar-refractivity contribution in [1.82, 2.24) is 4.90 Å². The summed E-state index contributed by atoms with van der Waals surface area (Å²) in [5.74, 6) is 0.0914. The summed E-state index contributed by atoms with van der Waals surface area (Å²) < 4.78 is 45.4. The minimum atomic E-state index is -4.41. The van der Waals surface area contributed by atoms with Crippen LogP contribution in [-0.2, 0) is 17.4 Å². The van der Waals surface area contributed by atoms with E-state index in [1.807, 2.05) is 0 Å². The summed E-state index contributed by atoms with van der Waals surface area (Å²) >= 11 is 0. The first-order chi connectivity index (χ1) is 16.3. The molecule has 2 heterocycles. The van der Waals surface area contributed by atoms with Crippen molar-refractivity contribution in [2.75, 3.05) is 37.0 Å². The summed E-state index contributed by atoms with van der Waals surface area (Å²) in [5, 5.41) is 2.99. The average molecular weight is 474 g/mol. The highest BCUT2D eigenvalue weighted by molar-refractivity contribution is 5.94. The summed E-state index contributed by atoms with van der Waals surface area (Å²) in [7, 11) is 1.58. The van der Waals surface area contributed by atoms with Gasteiger partial charge >= 0.3 is 6.18 Å². The van der Waals surface area contributed by atoms with Gasteiger partial charge in [-0.2, -0.15) is 13.2 Å². The minimum absolute atomic E-state index is 0.0724. The second-order valence-corrected chi connectivity index (χ2v) is 9.56. The number of ether oxygens (including phenoxy) is 1. The Labute approximate surface area is 197 Å². The number of nitrogens with one attached hydrogen (secondary N) is 1. The second-order valence-electron chi connectivity index (χ2n) is 9.56. The Kier molecular flexibility index (Phi) is 6.18. The molecule has 0 unspecified atom stereocenters. The minimum Gasteiger partial charge on any atom is -0.497 e. The Balaban J connectivity index is 1.44. The lowest BCUT2D eigenvalue weighted by atomic mass is 9.82. The van der Waals surface area contributed by atoms with Crippen LogP contribution in [0.2, 0.25) is 0 Å². The summed E-state index contributed by atoms with van der Waals surface area (Å²) in [6.45, 7) is 2.34. The number of anilines is 2. The molecule has 1 N–H and O–H groups in total. The smallest absolute Gasteiger partial charge is 0.416 e. The number of nitrogens with zero attached hydrogens (tertiary/aromatic N) is 2. The van der Waals surface area contributed by atoms with E-state index in [-0.39, 0.29) is 11.9 Å². The maximum atomic E-state index is 13.5. The maximum Gasteiger partial charge on any atom is 0.416 e.